The number of benzene rings is 2. The number of nitrogens with one attached hydrogen (secondary N) is 2. The van der Waals surface area contributed by atoms with Gasteiger partial charge in [-0.15, -0.1) is 0 Å². The molecule has 0 bridgehead atoms. The summed E-state index contributed by atoms with van der Waals surface area (Å²) in [6.07, 6.45) is 2.19. The van der Waals surface area contributed by atoms with E-state index in [9.17, 15) is 4.79 Å². The Morgan fingerprint density at radius 2 is 1.46 bits per heavy atom. The zero-order chi connectivity index (χ0) is 16.9. The zero-order valence-electron chi connectivity index (χ0n) is 14.4. The molecule has 1 fully saturated rings. The van der Waals surface area contributed by atoms with E-state index in [4.69, 9.17) is 0 Å². The Balaban J connectivity index is 1.85. The summed E-state index contributed by atoms with van der Waals surface area (Å²) >= 11 is 0. The largest absolute Gasteiger partial charge is 0.352 e. The lowest BCUT2D eigenvalue weighted by Gasteiger charge is -2.28. The fourth-order valence-corrected chi connectivity index (χ4v) is 2.99. The third-order valence-electron chi connectivity index (χ3n) is 4.49. The molecule has 0 unspecified atom stereocenters. The average Bonchev–Trinajstić information content (AvgIpc) is 3.41. The van der Waals surface area contributed by atoms with Gasteiger partial charge in [-0.05, 0) is 29.9 Å². The third-order valence-corrected chi connectivity index (χ3v) is 4.49. The Labute approximate surface area is 144 Å². The van der Waals surface area contributed by atoms with Gasteiger partial charge in [0.05, 0.1) is 0 Å². The van der Waals surface area contributed by atoms with E-state index in [1.54, 1.807) is 0 Å². The van der Waals surface area contributed by atoms with E-state index in [1.165, 1.54) is 5.56 Å². The average molecular weight is 322 g/mol. The minimum Gasteiger partial charge on any atom is -0.352 e. The van der Waals surface area contributed by atoms with Crippen molar-refractivity contribution in [2.45, 2.75) is 44.8 Å². The maximum atomic E-state index is 12.8. The van der Waals surface area contributed by atoms with Crippen LogP contribution in [0.5, 0.6) is 0 Å². The number of carbonyl (C=O) groups excluding carboxylic acids is 1. The van der Waals surface area contributed by atoms with Crippen molar-refractivity contribution >= 4 is 5.91 Å². The molecule has 0 aromatic heterocycles. The molecule has 3 heteroatoms. The second kappa shape index (κ2) is 7.63. The van der Waals surface area contributed by atoms with Gasteiger partial charge in [0, 0.05) is 12.1 Å². The van der Waals surface area contributed by atoms with E-state index in [2.05, 4.69) is 36.6 Å². The van der Waals surface area contributed by atoms with Gasteiger partial charge in [-0.1, -0.05) is 74.5 Å². The molecule has 0 radical (unpaired) electrons. The van der Waals surface area contributed by atoms with E-state index in [-0.39, 0.29) is 18.0 Å². The third kappa shape index (κ3) is 4.24. The highest BCUT2D eigenvalue weighted by molar-refractivity contribution is 5.83. The molecular formula is C21H26N2O. The second-order valence-electron chi connectivity index (χ2n) is 6.93. The highest BCUT2D eigenvalue weighted by atomic mass is 16.2. The predicted molar refractivity (Wildman–Crippen MR) is 97.5 cm³/mol. The van der Waals surface area contributed by atoms with E-state index in [0.717, 1.165) is 18.4 Å². The van der Waals surface area contributed by atoms with Crippen molar-refractivity contribution < 1.29 is 4.79 Å². The maximum Gasteiger partial charge on any atom is 0.241 e. The number of amides is 1. The molecule has 2 N–H and O–H groups in total. The lowest BCUT2D eigenvalue weighted by molar-refractivity contribution is -0.123. The number of carbonyl (C=O) groups is 1. The number of hydrogen-bond acceptors (Lipinski definition) is 2. The number of hydrogen-bond donors (Lipinski definition) is 2. The van der Waals surface area contributed by atoms with Gasteiger partial charge in [0.2, 0.25) is 5.91 Å². The zero-order valence-corrected chi connectivity index (χ0v) is 14.4. The quantitative estimate of drug-likeness (QED) is 0.809. The Morgan fingerprint density at radius 1 is 0.917 bits per heavy atom. The molecule has 3 nitrogen and oxygen atoms in total. The Morgan fingerprint density at radius 3 is 1.96 bits per heavy atom. The molecule has 0 aliphatic heterocycles. The second-order valence-corrected chi connectivity index (χ2v) is 6.93. The van der Waals surface area contributed by atoms with Crippen LogP contribution < -0.4 is 10.6 Å². The molecule has 3 rings (SSSR count). The van der Waals surface area contributed by atoms with Crippen LogP contribution in [0.3, 0.4) is 0 Å². The van der Waals surface area contributed by atoms with Crippen molar-refractivity contribution in [3.63, 3.8) is 0 Å². The molecule has 1 aliphatic rings. The SMILES string of the molecule is CC(C)[C@@H](N[C@H](C(=O)NC1CC1)c1ccccc1)c1ccccc1. The van der Waals surface area contributed by atoms with Crippen molar-refractivity contribution in [2.75, 3.05) is 0 Å². The molecule has 126 valence electrons. The van der Waals surface area contributed by atoms with Gasteiger partial charge in [-0.25, -0.2) is 0 Å². The van der Waals surface area contributed by atoms with E-state index >= 15 is 0 Å². The molecule has 0 saturated heterocycles. The lowest BCUT2D eigenvalue weighted by Crippen LogP contribution is -2.41. The van der Waals surface area contributed by atoms with Crippen molar-refractivity contribution in [3.8, 4) is 0 Å². The van der Waals surface area contributed by atoms with Gasteiger partial charge in [0.25, 0.3) is 0 Å². The first kappa shape index (κ1) is 16.7. The Hall–Kier alpha value is -2.13. The molecule has 24 heavy (non-hydrogen) atoms. The normalized spacial score (nSPS) is 16.6. The highest BCUT2D eigenvalue weighted by Gasteiger charge is 2.30. The van der Waals surface area contributed by atoms with Gasteiger partial charge >= 0.3 is 0 Å². The van der Waals surface area contributed by atoms with Crippen LogP contribution in [0.25, 0.3) is 0 Å². The van der Waals surface area contributed by atoms with Gasteiger partial charge in [-0.2, -0.15) is 0 Å². The summed E-state index contributed by atoms with van der Waals surface area (Å²) in [5, 5.41) is 6.75. The van der Waals surface area contributed by atoms with E-state index in [0.29, 0.717) is 12.0 Å². The molecular weight excluding hydrogens is 296 g/mol. The lowest BCUT2D eigenvalue weighted by atomic mass is 9.93. The maximum absolute atomic E-state index is 12.8. The van der Waals surface area contributed by atoms with Crippen molar-refractivity contribution in [2.24, 2.45) is 5.92 Å². The first-order valence-corrected chi connectivity index (χ1v) is 8.81. The summed E-state index contributed by atoms with van der Waals surface area (Å²) in [5.74, 6) is 0.456. The van der Waals surface area contributed by atoms with Gasteiger partial charge in [0.15, 0.2) is 0 Å². The molecule has 2 aromatic carbocycles. The summed E-state index contributed by atoms with van der Waals surface area (Å²) in [6, 6.07) is 20.5. The fourth-order valence-electron chi connectivity index (χ4n) is 2.99. The first-order chi connectivity index (χ1) is 11.6. The monoisotopic (exact) mass is 322 g/mol. The molecule has 1 amide bonds. The van der Waals surface area contributed by atoms with Crippen LogP contribution >= 0.6 is 0 Å². The van der Waals surface area contributed by atoms with E-state index < -0.39 is 0 Å². The summed E-state index contributed by atoms with van der Waals surface area (Å²) in [7, 11) is 0. The fraction of sp³-hybridized carbons (Fsp3) is 0.381. The van der Waals surface area contributed by atoms with Crippen molar-refractivity contribution in [3.05, 3.63) is 71.8 Å². The topological polar surface area (TPSA) is 41.1 Å². The molecule has 1 aliphatic carbocycles. The minimum absolute atomic E-state index is 0.0743. The first-order valence-electron chi connectivity index (χ1n) is 8.81. The smallest absolute Gasteiger partial charge is 0.241 e. The minimum atomic E-state index is -0.334. The molecule has 0 heterocycles. The predicted octanol–water partition coefficient (Wildman–Crippen LogP) is 3.99. The van der Waals surface area contributed by atoms with Crippen LogP contribution in [0.1, 0.15) is 49.9 Å². The summed E-state index contributed by atoms with van der Waals surface area (Å²) in [6.45, 7) is 4.37. The molecule has 2 aromatic rings. The van der Waals surface area contributed by atoms with Crippen LogP contribution in [0.15, 0.2) is 60.7 Å². The van der Waals surface area contributed by atoms with Crippen LogP contribution in [0.2, 0.25) is 0 Å². The molecule has 0 spiro atoms. The van der Waals surface area contributed by atoms with E-state index in [1.807, 2.05) is 48.5 Å². The summed E-state index contributed by atoms with van der Waals surface area (Å²) in [5.41, 5.74) is 2.23. The Kier molecular flexibility index (Phi) is 5.31. The van der Waals surface area contributed by atoms with Crippen molar-refractivity contribution in [1.82, 2.24) is 10.6 Å². The molecule has 2 atom stereocenters. The summed E-state index contributed by atoms with van der Waals surface area (Å²) < 4.78 is 0. The van der Waals surface area contributed by atoms with Gasteiger partial charge in [0.1, 0.15) is 6.04 Å². The highest BCUT2D eigenvalue weighted by Crippen LogP contribution is 2.27. The van der Waals surface area contributed by atoms with Crippen LogP contribution in [0.4, 0.5) is 0 Å². The standard InChI is InChI=1S/C21H26N2O/c1-15(2)19(16-9-5-3-6-10-16)23-20(17-11-7-4-8-12-17)21(24)22-18-13-14-18/h3-12,15,18-20,23H,13-14H2,1-2H3,(H,22,24)/t19-,20+/m1/s1. The van der Waals surface area contributed by atoms with Crippen LogP contribution in [-0.4, -0.2) is 11.9 Å². The summed E-state index contributed by atoms with van der Waals surface area (Å²) in [4.78, 5) is 12.8. The van der Waals surface area contributed by atoms with Gasteiger partial charge in [-0.3, -0.25) is 10.1 Å². The van der Waals surface area contributed by atoms with Gasteiger partial charge < -0.3 is 5.32 Å². The number of rotatable bonds is 7. The molecule has 1 saturated carbocycles. The Bertz CT molecular complexity index is 650. The van der Waals surface area contributed by atoms with Crippen LogP contribution in [-0.2, 0) is 4.79 Å². The van der Waals surface area contributed by atoms with Crippen LogP contribution in [0, 0.1) is 5.92 Å². The van der Waals surface area contributed by atoms with Crippen molar-refractivity contribution in [1.29, 1.82) is 0 Å².